The summed E-state index contributed by atoms with van der Waals surface area (Å²) in [5, 5.41) is 11.9. The van der Waals surface area contributed by atoms with E-state index in [2.05, 4.69) is 5.32 Å². The number of hydrogen-bond donors (Lipinski definition) is 2. The first-order valence-corrected chi connectivity index (χ1v) is 6.25. The van der Waals surface area contributed by atoms with Crippen molar-refractivity contribution in [3.63, 3.8) is 0 Å². The molecule has 1 aliphatic rings. The van der Waals surface area contributed by atoms with Crippen LogP contribution < -0.4 is 10.1 Å². The number of aryl methyl sites for hydroxylation is 1. The number of aliphatic hydroxyl groups is 1. The molecule has 1 saturated carbocycles. The number of nitrogens with one attached hydrogen (secondary N) is 1. The van der Waals surface area contributed by atoms with Crippen LogP contribution in [0.25, 0.3) is 0 Å². The molecule has 1 aliphatic carbocycles. The number of rotatable bonds is 6. The summed E-state index contributed by atoms with van der Waals surface area (Å²) in [6.07, 6.45) is 2.05. The summed E-state index contributed by atoms with van der Waals surface area (Å²) in [4.78, 5) is 11.6. The molecule has 4 nitrogen and oxygen atoms in total. The van der Waals surface area contributed by atoms with Gasteiger partial charge in [-0.05, 0) is 31.9 Å². The fourth-order valence-corrected chi connectivity index (χ4v) is 1.73. The van der Waals surface area contributed by atoms with Crippen molar-refractivity contribution in [2.45, 2.75) is 31.7 Å². The van der Waals surface area contributed by atoms with E-state index in [4.69, 9.17) is 9.84 Å². The number of carbonyl (C=O) groups is 1. The molecule has 0 bridgehead atoms. The number of ether oxygens (including phenoxy) is 1. The predicted molar refractivity (Wildman–Crippen MR) is 68.5 cm³/mol. The standard InChI is InChI=1S/C14H19NO3/c1-11-2-4-12(5-3-11)18-9-6-13(17)15-14(10-16)7-8-14/h2-5,16H,6-10H2,1H3,(H,15,17). The molecule has 1 aromatic carbocycles. The van der Waals surface area contributed by atoms with Gasteiger partial charge < -0.3 is 15.2 Å². The zero-order valence-corrected chi connectivity index (χ0v) is 10.6. The summed E-state index contributed by atoms with van der Waals surface area (Å²) in [5.74, 6) is 0.713. The normalized spacial score (nSPS) is 16.1. The van der Waals surface area contributed by atoms with E-state index in [1.807, 2.05) is 31.2 Å². The Morgan fingerprint density at radius 1 is 1.39 bits per heavy atom. The fourth-order valence-electron chi connectivity index (χ4n) is 1.73. The van der Waals surface area contributed by atoms with Crippen LogP contribution in [0.1, 0.15) is 24.8 Å². The van der Waals surface area contributed by atoms with E-state index in [-0.39, 0.29) is 18.1 Å². The molecule has 0 spiro atoms. The van der Waals surface area contributed by atoms with Gasteiger partial charge in [-0.1, -0.05) is 17.7 Å². The SMILES string of the molecule is Cc1ccc(OCCC(=O)NC2(CO)CC2)cc1. The molecule has 0 heterocycles. The fraction of sp³-hybridized carbons (Fsp3) is 0.500. The highest BCUT2D eigenvalue weighted by Gasteiger charge is 2.43. The Morgan fingerprint density at radius 3 is 2.61 bits per heavy atom. The molecule has 18 heavy (non-hydrogen) atoms. The summed E-state index contributed by atoms with van der Waals surface area (Å²) in [6, 6.07) is 7.73. The molecule has 0 saturated heterocycles. The zero-order valence-electron chi connectivity index (χ0n) is 10.6. The summed E-state index contributed by atoms with van der Waals surface area (Å²) in [6.45, 7) is 2.40. The first-order chi connectivity index (χ1) is 8.63. The third-order valence-corrected chi connectivity index (χ3v) is 3.18. The van der Waals surface area contributed by atoms with Crippen LogP contribution >= 0.6 is 0 Å². The van der Waals surface area contributed by atoms with E-state index >= 15 is 0 Å². The number of benzene rings is 1. The van der Waals surface area contributed by atoms with Gasteiger partial charge in [-0.15, -0.1) is 0 Å². The van der Waals surface area contributed by atoms with E-state index in [0.29, 0.717) is 13.0 Å². The average molecular weight is 249 g/mol. The number of carbonyl (C=O) groups excluding carboxylic acids is 1. The topological polar surface area (TPSA) is 58.6 Å². The van der Waals surface area contributed by atoms with Crippen LogP contribution in [-0.2, 0) is 4.79 Å². The monoisotopic (exact) mass is 249 g/mol. The Hall–Kier alpha value is -1.55. The maximum atomic E-state index is 11.6. The summed E-state index contributed by atoms with van der Waals surface area (Å²) < 4.78 is 5.48. The lowest BCUT2D eigenvalue weighted by Gasteiger charge is -2.14. The van der Waals surface area contributed by atoms with E-state index in [1.54, 1.807) is 0 Å². The highest BCUT2D eigenvalue weighted by molar-refractivity contribution is 5.77. The maximum Gasteiger partial charge on any atom is 0.223 e. The van der Waals surface area contributed by atoms with Crippen molar-refractivity contribution < 1.29 is 14.6 Å². The van der Waals surface area contributed by atoms with Crippen LogP contribution in [0, 0.1) is 6.92 Å². The molecule has 0 aliphatic heterocycles. The van der Waals surface area contributed by atoms with Gasteiger partial charge in [0.25, 0.3) is 0 Å². The van der Waals surface area contributed by atoms with Crippen LogP contribution in [0.5, 0.6) is 5.75 Å². The Morgan fingerprint density at radius 2 is 2.06 bits per heavy atom. The van der Waals surface area contributed by atoms with E-state index in [1.165, 1.54) is 5.56 Å². The molecule has 2 N–H and O–H groups in total. The molecular formula is C14H19NO3. The minimum Gasteiger partial charge on any atom is -0.493 e. The predicted octanol–water partition coefficient (Wildman–Crippen LogP) is 1.41. The second-order valence-electron chi connectivity index (χ2n) is 4.90. The van der Waals surface area contributed by atoms with Crippen molar-refractivity contribution >= 4 is 5.91 Å². The van der Waals surface area contributed by atoms with Crippen molar-refractivity contribution in [3.8, 4) is 5.75 Å². The van der Waals surface area contributed by atoms with Gasteiger partial charge in [0.2, 0.25) is 5.91 Å². The van der Waals surface area contributed by atoms with Gasteiger partial charge in [0.15, 0.2) is 0 Å². The molecule has 0 atom stereocenters. The molecular weight excluding hydrogens is 230 g/mol. The Balaban J connectivity index is 1.69. The highest BCUT2D eigenvalue weighted by Crippen LogP contribution is 2.34. The smallest absolute Gasteiger partial charge is 0.223 e. The van der Waals surface area contributed by atoms with Crippen LogP contribution in [0.15, 0.2) is 24.3 Å². The zero-order chi connectivity index (χ0) is 13.0. The molecule has 98 valence electrons. The summed E-state index contributed by atoms with van der Waals surface area (Å²) >= 11 is 0. The minimum absolute atomic E-state index is 0.0254. The van der Waals surface area contributed by atoms with Gasteiger partial charge in [0.1, 0.15) is 5.75 Å². The van der Waals surface area contributed by atoms with Crippen LogP contribution in [0.2, 0.25) is 0 Å². The quantitative estimate of drug-likeness (QED) is 0.801. The second kappa shape index (κ2) is 5.40. The van der Waals surface area contributed by atoms with Gasteiger partial charge in [0.05, 0.1) is 25.2 Å². The Bertz CT molecular complexity index is 410. The molecule has 1 amide bonds. The van der Waals surface area contributed by atoms with Crippen LogP contribution in [-0.4, -0.2) is 29.8 Å². The highest BCUT2D eigenvalue weighted by atomic mass is 16.5. The van der Waals surface area contributed by atoms with Gasteiger partial charge >= 0.3 is 0 Å². The average Bonchev–Trinajstić information content (AvgIpc) is 3.12. The number of hydrogen-bond acceptors (Lipinski definition) is 3. The van der Waals surface area contributed by atoms with Gasteiger partial charge in [0, 0.05) is 0 Å². The second-order valence-corrected chi connectivity index (χ2v) is 4.90. The number of amides is 1. The first kappa shape index (κ1) is 12.9. The van der Waals surface area contributed by atoms with Crippen molar-refractivity contribution in [2.24, 2.45) is 0 Å². The molecule has 2 rings (SSSR count). The molecule has 0 radical (unpaired) electrons. The molecule has 0 aromatic heterocycles. The lowest BCUT2D eigenvalue weighted by molar-refractivity contribution is -0.122. The summed E-state index contributed by atoms with van der Waals surface area (Å²) in [7, 11) is 0. The van der Waals surface area contributed by atoms with Crippen LogP contribution in [0.4, 0.5) is 0 Å². The van der Waals surface area contributed by atoms with E-state index < -0.39 is 0 Å². The third kappa shape index (κ3) is 3.47. The minimum atomic E-state index is -0.332. The Kier molecular flexibility index (Phi) is 3.87. The first-order valence-electron chi connectivity index (χ1n) is 6.25. The van der Waals surface area contributed by atoms with Crippen molar-refractivity contribution in [3.05, 3.63) is 29.8 Å². The molecule has 0 unspecified atom stereocenters. The van der Waals surface area contributed by atoms with Crippen molar-refractivity contribution in [2.75, 3.05) is 13.2 Å². The molecule has 1 aromatic rings. The van der Waals surface area contributed by atoms with Gasteiger partial charge in [-0.2, -0.15) is 0 Å². The van der Waals surface area contributed by atoms with Gasteiger partial charge in [-0.25, -0.2) is 0 Å². The van der Waals surface area contributed by atoms with Crippen LogP contribution in [0.3, 0.4) is 0 Å². The maximum absolute atomic E-state index is 11.6. The largest absolute Gasteiger partial charge is 0.493 e. The van der Waals surface area contributed by atoms with E-state index in [9.17, 15) is 4.79 Å². The lowest BCUT2D eigenvalue weighted by Crippen LogP contribution is -2.40. The van der Waals surface area contributed by atoms with Gasteiger partial charge in [-0.3, -0.25) is 4.79 Å². The van der Waals surface area contributed by atoms with Crippen molar-refractivity contribution in [1.82, 2.24) is 5.32 Å². The van der Waals surface area contributed by atoms with E-state index in [0.717, 1.165) is 18.6 Å². The lowest BCUT2D eigenvalue weighted by atomic mass is 10.2. The molecule has 4 heteroatoms. The number of aliphatic hydroxyl groups excluding tert-OH is 1. The third-order valence-electron chi connectivity index (χ3n) is 3.18. The summed E-state index contributed by atoms with van der Waals surface area (Å²) in [5.41, 5.74) is 0.847. The molecule has 1 fully saturated rings. The van der Waals surface area contributed by atoms with Crippen molar-refractivity contribution in [1.29, 1.82) is 0 Å². The Labute approximate surface area is 107 Å².